The van der Waals surface area contributed by atoms with Crippen molar-refractivity contribution < 1.29 is 0 Å². The van der Waals surface area contributed by atoms with Crippen molar-refractivity contribution in [2.45, 2.75) is 40.4 Å². The molecule has 19 heavy (non-hydrogen) atoms. The summed E-state index contributed by atoms with van der Waals surface area (Å²) in [6.45, 7) is 9.80. The quantitative estimate of drug-likeness (QED) is 0.815. The molecule has 0 saturated heterocycles. The van der Waals surface area contributed by atoms with Gasteiger partial charge < -0.3 is 5.32 Å². The fourth-order valence-corrected chi connectivity index (χ4v) is 1.81. The van der Waals surface area contributed by atoms with E-state index >= 15 is 0 Å². The van der Waals surface area contributed by atoms with Crippen molar-refractivity contribution >= 4 is 0 Å². The Balaban J connectivity index is 1.77. The molecule has 0 saturated carbocycles. The van der Waals surface area contributed by atoms with Crippen LogP contribution >= 0.6 is 0 Å². The summed E-state index contributed by atoms with van der Waals surface area (Å²) in [5, 5.41) is 15.9. The van der Waals surface area contributed by atoms with Crippen molar-refractivity contribution in [1.82, 2.24) is 30.1 Å². The smallest absolute Gasteiger partial charge is 0.0964 e. The highest BCUT2D eigenvalue weighted by Gasteiger charge is 2.02. The Hall–Kier alpha value is -1.69. The molecule has 1 N–H and O–H groups in total. The van der Waals surface area contributed by atoms with Crippen LogP contribution in [0.3, 0.4) is 0 Å². The molecule has 0 aliphatic heterocycles. The molecule has 0 fully saturated rings. The molecule has 0 spiro atoms. The van der Waals surface area contributed by atoms with Gasteiger partial charge in [0.05, 0.1) is 25.0 Å². The molecule has 6 heteroatoms. The number of hydrogen-bond donors (Lipinski definition) is 1. The maximum atomic E-state index is 4.25. The maximum absolute atomic E-state index is 4.25. The molecule has 6 nitrogen and oxygen atoms in total. The fourth-order valence-electron chi connectivity index (χ4n) is 1.81. The van der Waals surface area contributed by atoms with E-state index in [9.17, 15) is 0 Å². The molecule has 0 unspecified atom stereocenters. The van der Waals surface area contributed by atoms with Gasteiger partial charge in [-0.3, -0.25) is 9.36 Å². The molecule has 0 atom stereocenters. The minimum Gasteiger partial charge on any atom is -0.311 e. The van der Waals surface area contributed by atoms with Crippen molar-refractivity contribution in [3.05, 3.63) is 29.8 Å². The standard InChI is InChI=1S/C13H22N6/c1-11(2)6-14-8-13-10-19(17-16-13)5-4-18-9-12(3)7-15-18/h7,9-11,14H,4-6,8H2,1-3H3. The molecule has 2 aromatic heterocycles. The number of nitrogens with zero attached hydrogens (tertiary/aromatic N) is 5. The molecule has 2 heterocycles. The second kappa shape index (κ2) is 6.47. The summed E-state index contributed by atoms with van der Waals surface area (Å²) in [6.07, 6.45) is 5.88. The van der Waals surface area contributed by atoms with Crippen LogP contribution in [0.1, 0.15) is 25.1 Å². The zero-order valence-electron chi connectivity index (χ0n) is 11.9. The molecular weight excluding hydrogens is 240 g/mol. The Kier molecular flexibility index (Phi) is 4.68. The molecule has 0 bridgehead atoms. The van der Waals surface area contributed by atoms with E-state index in [1.54, 1.807) is 0 Å². The maximum Gasteiger partial charge on any atom is 0.0964 e. The highest BCUT2D eigenvalue weighted by atomic mass is 15.4. The van der Waals surface area contributed by atoms with Crippen LogP contribution < -0.4 is 5.32 Å². The van der Waals surface area contributed by atoms with Gasteiger partial charge in [0.15, 0.2) is 0 Å². The van der Waals surface area contributed by atoms with Gasteiger partial charge in [0.2, 0.25) is 0 Å². The van der Waals surface area contributed by atoms with Gasteiger partial charge in [-0.2, -0.15) is 5.10 Å². The van der Waals surface area contributed by atoms with Gasteiger partial charge in [0, 0.05) is 18.9 Å². The second-order valence-electron chi connectivity index (χ2n) is 5.28. The second-order valence-corrected chi connectivity index (χ2v) is 5.28. The SMILES string of the molecule is Cc1cnn(CCn2cc(CNCC(C)C)nn2)c1. The summed E-state index contributed by atoms with van der Waals surface area (Å²) in [7, 11) is 0. The summed E-state index contributed by atoms with van der Waals surface area (Å²) < 4.78 is 3.79. The largest absolute Gasteiger partial charge is 0.311 e. The molecule has 0 aromatic carbocycles. The van der Waals surface area contributed by atoms with Crippen molar-refractivity contribution in [2.75, 3.05) is 6.54 Å². The molecule has 2 rings (SSSR count). The first kappa shape index (κ1) is 13.7. The highest BCUT2D eigenvalue weighted by molar-refractivity contribution is 4.99. The van der Waals surface area contributed by atoms with Crippen LogP contribution in [-0.4, -0.2) is 31.3 Å². The van der Waals surface area contributed by atoms with Crippen LogP contribution in [0.4, 0.5) is 0 Å². The molecule has 0 aliphatic rings. The van der Waals surface area contributed by atoms with Gasteiger partial charge in [0.25, 0.3) is 0 Å². The fraction of sp³-hybridized carbons (Fsp3) is 0.615. The normalized spacial score (nSPS) is 11.4. The first-order valence-electron chi connectivity index (χ1n) is 6.72. The lowest BCUT2D eigenvalue weighted by Gasteiger charge is -2.04. The predicted molar refractivity (Wildman–Crippen MR) is 73.5 cm³/mol. The average Bonchev–Trinajstić information content (AvgIpc) is 2.95. The van der Waals surface area contributed by atoms with E-state index in [0.717, 1.165) is 31.9 Å². The van der Waals surface area contributed by atoms with Gasteiger partial charge in [0.1, 0.15) is 0 Å². The van der Waals surface area contributed by atoms with Crippen molar-refractivity contribution in [1.29, 1.82) is 0 Å². The molecule has 104 valence electrons. The predicted octanol–water partition coefficient (Wildman–Crippen LogP) is 1.23. The third kappa shape index (κ3) is 4.48. The van der Waals surface area contributed by atoms with Gasteiger partial charge in [-0.1, -0.05) is 19.1 Å². The Bertz CT molecular complexity index is 499. The Morgan fingerprint density at radius 1 is 1.21 bits per heavy atom. The summed E-state index contributed by atoms with van der Waals surface area (Å²) in [5.41, 5.74) is 2.16. The van der Waals surface area contributed by atoms with E-state index < -0.39 is 0 Å². The van der Waals surface area contributed by atoms with E-state index in [2.05, 4.69) is 34.6 Å². The first-order chi connectivity index (χ1) is 9.13. The summed E-state index contributed by atoms with van der Waals surface area (Å²) in [6, 6.07) is 0. The zero-order valence-corrected chi connectivity index (χ0v) is 11.9. The monoisotopic (exact) mass is 262 g/mol. The lowest BCUT2D eigenvalue weighted by molar-refractivity contribution is 0.489. The molecular formula is C13H22N6. The van der Waals surface area contributed by atoms with E-state index in [1.165, 1.54) is 5.56 Å². The van der Waals surface area contributed by atoms with Crippen LogP contribution in [0.5, 0.6) is 0 Å². The summed E-state index contributed by atoms with van der Waals surface area (Å²) >= 11 is 0. The molecule has 0 amide bonds. The summed E-state index contributed by atoms with van der Waals surface area (Å²) in [4.78, 5) is 0. The molecule has 0 radical (unpaired) electrons. The van der Waals surface area contributed by atoms with Crippen LogP contribution in [0.25, 0.3) is 0 Å². The lowest BCUT2D eigenvalue weighted by atomic mass is 10.2. The van der Waals surface area contributed by atoms with Crippen LogP contribution in [0.15, 0.2) is 18.6 Å². The van der Waals surface area contributed by atoms with Crippen molar-refractivity contribution in [3.63, 3.8) is 0 Å². The highest BCUT2D eigenvalue weighted by Crippen LogP contribution is 1.97. The zero-order chi connectivity index (χ0) is 13.7. The van der Waals surface area contributed by atoms with Crippen LogP contribution in [-0.2, 0) is 19.6 Å². The Morgan fingerprint density at radius 2 is 2.00 bits per heavy atom. The third-order valence-corrected chi connectivity index (χ3v) is 2.77. The lowest BCUT2D eigenvalue weighted by Crippen LogP contribution is -2.19. The number of aromatic nitrogens is 5. The van der Waals surface area contributed by atoms with E-state index in [0.29, 0.717) is 5.92 Å². The van der Waals surface area contributed by atoms with Gasteiger partial charge >= 0.3 is 0 Å². The molecule has 2 aromatic rings. The average molecular weight is 262 g/mol. The van der Waals surface area contributed by atoms with Gasteiger partial charge in [-0.25, -0.2) is 0 Å². The number of nitrogens with one attached hydrogen (secondary N) is 1. The van der Waals surface area contributed by atoms with Crippen molar-refractivity contribution in [2.24, 2.45) is 5.92 Å². The topological polar surface area (TPSA) is 60.6 Å². The number of rotatable bonds is 7. The van der Waals surface area contributed by atoms with Crippen LogP contribution in [0, 0.1) is 12.8 Å². The Morgan fingerprint density at radius 3 is 2.68 bits per heavy atom. The van der Waals surface area contributed by atoms with Gasteiger partial charge in [-0.15, -0.1) is 5.10 Å². The van der Waals surface area contributed by atoms with Crippen LogP contribution in [0.2, 0.25) is 0 Å². The number of aryl methyl sites for hydroxylation is 3. The minimum absolute atomic E-state index is 0.651. The first-order valence-corrected chi connectivity index (χ1v) is 6.72. The van der Waals surface area contributed by atoms with E-state index in [1.807, 2.05) is 34.9 Å². The minimum atomic E-state index is 0.651. The Labute approximate surface area is 113 Å². The van der Waals surface area contributed by atoms with E-state index in [4.69, 9.17) is 0 Å². The van der Waals surface area contributed by atoms with Crippen molar-refractivity contribution in [3.8, 4) is 0 Å². The summed E-state index contributed by atoms with van der Waals surface area (Å²) in [5.74, 6) is 0.651. The van der Waals surface area contributed by atoms with E-state index in [-0.39, 0.29) is 0 Å². The third-order valence-electron chi connectivity index (χ3n) is 2.77. The molecule has 0 aliphatic carbocycles. The number of hydrogen-bond acceptors (Lipinski definition) is 4. The van der Waals surface area contributed by atoms with Gasteiger partial charge in [-0.05, 0) is 24.9 Å².